The number of ether oxygens (including phenoxy) is 2. The van der Waals surface area contributed by atoms with E-state index in [1.165, 1.54) is 12.1 Å². The number of benzene rings is 1. The second kappa shape index (κ2) is 5.35. The van der Waals surface area contributed by atoms with Crippen molar-refractivity contribution < 1.29 is 27.2 Å². The maximum atomic E-state index is 11.0. The van der Waals surface area contributed by atoms with E-state index in [2.05, 4.69) is 4.74 Å². The maximum absolute atomic E-state index is 11.0. The molecule has 1 N–H and O–H groups in total. The van der Waals surface area contributed by atoms with Crippen molar-refractivity contribution in [1.29, 1.82) is 0 Å². The molecule has 0 radical (unpaired) electrons. The van der Waals surface area contributed by atoms with Gasteiger partial charge in [-0.25, -0.2) is 4.79 Å². The van der Waals surface area contributed by atoms with Crippen LogP contribution in [0, 0.1) is 0 Å². The van der Waals surface area contributed by atoms with Crippen LogP contribution >= 0.6 is 11.6 Å². The Kier molecular flexibility index (Phi) is 4.33. The molecule has 0 atom stereocenters. The molecule has 94 valence electrons. The van der Waals surface area contributed by atoms with Gasteiger partial charge in [-0.15, -0.1) is 0 Å². The number of esters is 1. The molecule has 0 aliphatic rings. The van der Waals surface area contributed by atoms with Gasteiger partial charge in [-0.1, -0.05) is 11.6 Å². The average molecular weight is 281 g/mol. The SMILES string of the molecule is COC(=O)COc1ccc(Cl)cc1S(=O)(=O)O. The van der Waals surface area contributed by atoms with Crippen LogP contribution in [0.3, 0.4) is 0 Å². The molecule has 17 heavy (non-hydrogen) atoms. The fourth-order valence-corrected chi connectivity index (χ4v) is 1.89. The second-order valence-corrected chi connectivity index (χ2v) is 4.76. The van der Waals surface area contributed by atoms with Crippen LogP contribution in [0.5, 0.6) is 5.75 Å². The van der Waals surface area contributed by atoms with Gasteiger partial charge in [-0.3, -0.25) is 4.55 Å². The highest BCUT2D eigenvalue weighted by molar-refractivity contribution is 7.86. The molecule has 0 aliphatic carbocycles. The van der Waals surface area contributed by atoms with E-state index in [0.717, 1.165) is 13.2 Å². The van der Waals surface area contributed by atoms with Crippen molar-refractivity contribution in [1.82, 2.24) is 0 Å². The summed E-state index contributed by atoms with van der Waals surface area (Å²) in [4.78, 5) is 10.3. The van der Waals surface area contributed by atoms with Crippen molar-refractivity contribution in [2.75, 3.05) is 13.7 Å². The summed E-state index contributed by atoms with van der Waals surface area (Å²) in [5, 5.41) is 0.114. The Hall–Kier alpha value is -1.31. The Morgan fingerprint density at radius 3 is 2.65 bits per heavy atom. The van der Waals surface area contributed by atoms with Crippen molar-refractivity contribution in [3.05, 3.63) is 23.2 Å². The summed E-state index contributed by atoms with van der Waals surface area (Å²) in [7, 11) is -3.31. The van der Waals surface area contributed by atoms with Gasteiger partial charge < -0.3 is 9.47 Å². The number of carbonyl (C=O) groups excluding carboxylic acids is 1. The third kappa shape index (κ3) is 3.88. The first kappa shape index (κ1) is 13.8. The van der Waals surface area contributed by atoms with E-state index in [1.807, 2.05) is 0 Å². The second-order valence-electron chi connectivity index (χ2n) is 2.93. The van der Waals surface area contributed by atoms with E-state index in [0.29, 0.717) is 0 Å². The number of methoxy groups -OCH3 is 1. The molecule has 0 aromatic heterocycles. The van der Waals surface area contributed by atoms with Crippen LogP contribution in [0.1, 0.15) is 0 Å². The summed E-state index contributed by atoms with van der Waals surface area (Å²) in [5.41, 5.74) is 0. The van der Waals surface area contributed by atoms with Crippen LogP contribution in [-0.2, 0) is 19.6 Å². The summed E-state index contributed by atoms with van der Waals surface area (Å²) in [6.45, 7) is -0.472. The normalized spacial score (nSPS) is 11.0. The maximum Gasteiger partial charge on any atom is 0.343 e. The Balaban J connectivity index is 3.04. The fourth-order valence-electron chi connectivity index (χ4n) is 0.998. The molecule has 0 spiro atoms. The lowest BCUT2D eigenvalue weighted by atomic mass is 10.3. The topological polar surface area (TPSA) is 89.9 Å². The molecule has 0 heterocycles. The Labute approximate surface area is 103 Å². The number of hydrogen-bond acceptors (Lipinski definition) is 5. The predicted molar refractivity (Wildman–Crippen MR) is 58.8 cm³/mol. The van der Waals surface area contributed by atoms with Crippen LogP contribution in [0.25, 0.3) is 0 Å². The van der Waals surface area contributed by atoms with Crippen LogP contribution in [0.15, 0.2) is 23.1 Å². The summed E-state index contributed by atoms with van der Waals surface area (Å²) < 4.78 is 40.2. The lowest BCUT2D eigenvalue weighted by molar-refractivity contribution is -0.142. The molecule has 0 fully saturated rings. The molecular weight excluding hydrogens is 272 g/mol. The zero-order valence-corrected chi connectivity index (χ0v) is 10.3. The van der Waals surface area contributed by atoms with Gasteiger partial charge in [-0.2, -0.15) is 8.42 Å². The van der Waals surface area contributed by atoms with Crippen molar-refractivity contribution in [3.8, 4) is 5.75 Å². The zero-order valence-electron chi connectivity index (χ0n) is 8.71. The summed E-state index contributed by atoms with van der Waals surface area (Å²) in [6, 6.07) is 3.61. The highest BCUT2D eigenvalue weighted by Crippen LogP contribution is 2.26. The van der Waals surface area contributed by atoms with Gasteiger partial charge in [0, 0.05) is 5.02 Å². The fraction of sp³-hybridized carbons (Fsp3) is 0.222. The number of halogens is 1. The van der Waals surface area contributed by atoms with Gasteiger partial charge in [0.2, 0.25) is 0 Å². The summed E-state index contributed by atoms with van der Waals surface area (Å²) in [5.74, 6) is -0.858. The third-order valence-electron chi connectivity index (χ3n) is 1.76. The minimum atomic E-state index is -4.47. The quantitative estimate of drug-likeness (QED) is 0.657. The van der Waals surface area contributed by atoms with E-state index in [1.54, 1.807) is 0 Å². The monoisotopic (exact) mass is 280 g/mol. The summed E-state index contributed by atoms with van der Waals surface area (Å²) >= 11 is 5.59. The van der Waals surface area contributed by atoms with Crippen molar-refractivity contribution in [2.45, 2.75) is 4.90 Å². The van der Waals surface area contributed by atoms with Gasteiger partial charge in [0.15, 0.2) is 6.61 Å². The van der Waals surface area contributed by atoms with E-state index >= 15 is 0 Å². The molecule has 0 bridgehead atoms. The van der Waals surface area contributed by atoms with E-state index in [4.69, 9.17) is 20.9 Å². The highest BCUT2D eigenvalue weighted by Gasteiger charge is 2.18. The molecule has 0 saturated heterocycles. The number of carbonyl (C=O) groups is 1. The van der Waals surface area contributed by atoms with E-state index < -0.39 is 27.6 Å². The Bertz CT molecular complexity index is 524. The molecule has 1 aromatic rings. The van der Waals surface area contributed by atoms with Crippen molar-refractivity contribution >= 4 is 27.7 Å². The lowest BCUT2D eigenvalue weighted by Crippen LogP contribution is -2.14. The lowest BCUT2D eigenvalue weighted by Gasteiger charge is -2.08. The number of hydrogen-bond donors (Lipinski definition) is 1. The first-order valence-electron chi connectivity index (χ1n) is 4.31. The average Bonchev–Trinajstić information content (AvgIpc) is 2.25. The zero-order chi connectivity index (χ0) is 13.1. The smallest absolute Gasteiger partial charge is 0.343 e. The van der Waals surface area contributed by atoms with Gasteiger partial charge >= 0.3 is 5.97 Å². The molecule has 0 saturated carbocycles. The molecule has 1 aromatic carbocycles. The van der Waals surface area contributed by atoms with E-state index in [-0.39, 0.29) is 10.8 Å². The molecule has 0 unspecified atom stereocenters. The molecule has 8 heteroatoms. The number of rotatable bonds is 4. The van der Waals surface area contributed by atoms with Gasteiger partial charge in [0.25, 0.3) is 10.1 Å². The molecule has 0 aliphatic heterocycles. The minimum Gasteiger partial charge on any atom is -0.480 e. The van der Waals surface area contributed by atoms with Crippen molar-refractivity contribution in [3.63, 3.8) is 0 Å². The van der Waals surface area contributed by atoms with Crippen LogP contribution in [0.2, 0.25) is 5.02 Å². The first-order chi connectivity index (χ1) is 7.84. The van der Waals surface area contributed by atoms with Gasteiger partial charge in [0.1, 0.15) is 10.6 Å². The van der Waals surface area contributed by atoms with Crippen molar-refractivity contribution in [2.24, 2.45) is 0 Å². The van der Waals surface area contributed by atoms with Crippen LogP contribution in [-0.4, -0.2) is 32.7 Å². The van der Waals surface area contributed by atoms with Gasteiger partial charge in [-0.05, 0) is 18.2 Å². The molecule has 1 rings (SSSR count). The van der Waals surface area contributed by atoms with Crippen LogP contribution in [0.4, 0.5) is 0 Å². The Morgan fingerprint density at radius 2 is 2.12 bits per heavy atom. The Morgan fingerprint density at radius 1 is 1.47 bits per heavy atom. The highest BCUT2D eigenvalue weighted by atomic mass is 35.5. The predicted octanol–water partition coefficient (Wildman–Crippen LogP) is 1.14. The first-order valence-corrected chi connectivity index (χ1v) is 6.13. The standard InChI is InChI=1S/C9H9ClO6S/c1-15-9(11)5-16-7-3-2-6(10)4-8(7)17(12,13)14/h2-4H,5H2,1H3,(H,12,13,14). The van der Waals surface area contributed by atoms with Crippen LogP contribution < -0.4 is 4.74 Å². The van der Waals surface area contributed by atoms with E-state index in [9.17, 15) is 13.2 Å². The largest absolute Gasteiger partial charge is 0.480 e. The third-order valence-corrected chi connectivity index (χ3v) is 2.87. The summed E-state index contributed by atoms with van der Waals surface area (Å²) in [6.07, 6.45) is 0. The van der Waals surface area contributed by atoms with Gasteiger partial charge in [0.05, 0.1) is 7.11 Å². The molecule has 6 nitrogen and oxygen atoms in total. The minimum absolute atomic E-state index is 0.114. The molecular formula is C9H9ClO6S. The molecule has 0 amide bonds.